The predicted octanol–water partition coefficient (Wildman–Crippen LogP) is 15.8. The molecule has 0 aromatic rings. The number of esters is 3. The monoisotopic (exact) mass is 793 g/mol. The van der Waals surface area contributed by atoms with E-state index in [0.29, 0.717) is 19.3 Å². The molecule has 0 aliphatic rings. The van der Waals surface area contributed by atoms with E-state index in [4.69, 9.17) is 14.2 Å². The van der Waals surface area contributed by atoms with Crippen LogP contribution in [-0.2, 0) is 28.6 Å². The standard InChI is InChI=1S/C50H96O6/c1-6-8-9-10-11-12-13-14-15-16-17-18-19-20-21-22-23-32-37-42-50(53)56-47(43-54-48(51)40-35-30-26-24-28-33-38-45(3)4)44-55-49(52)41-36-31-27-25-29-34-39-46(5)7-2/h45-47H,6-44H2,1-5H3/t46?,47-/m0/s1. The average molecular weight is 793 g/mol. The zero-order chi connectivity index (χ0) is 41.2. The molecule has 0 bridgehead atoms. The van der Waals surface area contributed by atoms with Crippen LogP contribution < -0.4 is 0 Å². The van der Waals surface area contributed by atoms with Crippen molar-refractivity contribution in [2.75, 3.05) is 13.2 Å². The smallest absolute Gasteiger partial charge is 0.306 e. The molecule has 0 aliphatic carbocycles. The molecule has 0 rings (SSSR count). The van der Waals surface area contributed by atoms with Crippen molar-refractivity contribution >= 4 is 17.9 Å². The zero-order valence-corrected chi connectivity index (χ0v) is 38.3. The molecule has 2 atom stereocenters. The van der Waals surface area contributed by atoms with Crippen LogP contribution in [-0.4, -0.2) is 37.2 Å². The van der Waals surface area contributed by atoms with E-state index in [0.717, 1.165) is 69.6 Å². The fraction of sp³-hybridized carbons (Fsp3) is 0.940. The van der Waals surface area contributed by atoms with E-state index < -0.39 is 6.10 Å². The number of carbonyl (C=O) groups excluding carboxylic acids is 3. The van der Waals surface area contributed by atoms with Gasteiger partial charge in [-0.15, -0.1) is 0 Å². The quantitative estimate of drug-likeness (QED) is 0.0347. The maximum absolute atomic E-state index is 12.8. The van der Waals surface area contributed by atoms with Crippen molar-refractivity contribution in [1.29, 1.82) is 0 Å². The van der Waals surface area contributed by atoms with Crippen LogP contribution in [0.5, 0.6) is 0 Å². The molecule has 0 aliphatic heterocycles. The molecule has 0 aromatic carbocycles. The summed E-state index contributed by atoms with van der Waals surface area (Å²) < 4.78 is 16.7. The van der Waals surface area contributed by atoms with Crippen molar-refractivity contribution in [2.24, 2.45) is 11.8 Å². The lowest BCUT2D eigenvalue weighted by Gasteiger charge is -2.18. The van der Waals surface area contributed by atoms with Gasteiger partial charge >= 0.3 is 17.9 Å². The van der Waals surface area contributed by atoms with Gasteiger partial charge in [-0.1, -0.05) is 234 Å². The fourth-order valence-electron chi connectivity index (χ4n) is 7.43. The van der Waals surface area contributed by atoms with Gasteiger partial charge in [0.15, 0.2) is 6.10 Å². The van der Waals surface area contributed by atoms with E-state index in [-0.39, 0.29) is 31.1 Å². The zero-order valence-electron chi connectivity index (χ0n) is 38.3. The van der Waals surface area contributed by atoms with Gasteiger partial charge in [0.05, 0.1) is 0 Å². The Balaban J connectivity index is 4.23. The molecule has 6 heteroatoms. The first-order valence-corrected chi connectivity index (χ1v) is 24.8. The van der Waals surface area contributed by atoms with Crippen LogP contribution in [0.3, 0.4) is 0 Å². The van der Waals surface area contributed by atoms with Crippen LogP contribution in [0.4, 0.5) is 0 Å². The largest absolute Gasteiger partial charge is 0.462 e. The van der Waals surface area contributed by atoms with E-state index in [1.807, 2.05) is 0 Å². The number of ether oxygens (including phenoxy) is 3. The highest BCUT2D eigenvalue weighted by molar-refractivity contribution is 5.71. The second-order valence-corrected chi connectivity index (χ2v) is 17.8. The van der Waals surface area contributed by atoms with Gasteiger partial charge in [-0.3, -0.25) is 14.4 Å². The molecule has 56 heavy (non-hydrogen) atoms. The van der Waals surface area contributed by atoms with Crippen molar-refractivity contribution in [1.82, 2.24) is 0 Å². The molecule has 0 radical (unpaired) electrons. The van der Waals surface area contributed by atoms with Crippen molar-refractivity contribution in [3.63, 3.8) is 0 Å². The first-order valence-electron chi connectivity index (χ1n) is 24.8. The number of unbranched alkanes of at least 4 members (excludes halogenated alkanes) is 28. The van der Waals surface area contributed by atoms with Gasteiger partial charge in [0.1, 0.15) is 13.2 Å². The molecule has 1 unspecified atom stereocenters. The van der Waals surface area contributed by atoms with Crippen LogP contribution in [0, 0.1) is 11.8 Å². The maximum Gasteiger partial charge on any atom is 0.306 e. The third-order valence-corrected chi connectivity index (χ3v) is 11.6. The van der Waals surface area contributed by atoms with Crippen molar-refractivity contribution in [3.8, 4) is 0 Å². The second-order valence-electron chi connectivity index (χ2n) is 17.8. The fourth-order valence-corrected chi connectivity index (χ4v) is 7.43. The van der Waals surface area contributed by atoms with Crippen molar-refractivity contribution < 1.29 is 28.6 Å². The van der Waals surface area contributed by atoms with Crippen LogP contribution in [0.25, 0.3) is 0 Å². The average Bonchev–Trinajstić information content (AvgIpc) is 3.18. The highest BCUT2D eigenvalue weighted by atomic mass is 16.6. The van der Waals surface area contributed by atoms with Crippen LogP contribution in [0.2, 0.25) is 0 Å². The summed E-state index contributed by atoms with van der Waals surface area (Å²) in [5.41, 5.74) is 0. The van der Waals surface area contributed by atoms with E-state index in [1.165, 1.54) is 161 Å². The molecular weight excluding hydrogens is 697 g/mol. The topological polar surface area (TPSA) is 78.9 Å². The Morgan fingerprint density at radius 2 is 0.679 bits per heavy atom. The number of hydrogen-bond acceptors (Lipinski definition) is 6. The third kappa shape index (κ3) is 42.0. The van der Waals surface area contributed by atoms with Gasteiger partial charge in [-0.2, -0.15) is 0 Å². The van der Waals surface area contributed by atoms with Gasteiger partial charge in [-0.25, -0.2) is 0 Å². The molecule has 0 aromatic heterocycles. The van der Waals surface area contributed by atoms with Crippen molar-refractivity contribution in [3.05, 3.63) is 0 Å². The van der Waals surface area contributed by atoms with Gasteiger partial charge in [0, 0.05) is 19.3 Å². The summed E-state index contributed by atoms with van der Waals surface area (Å²) in [4.78, 5) is 37.7. The first-order chi connectivity index (χ1) is 27.3. The molecule has 0 amide bonds. The molecule has 0 N–H and O–H groups in total. The molecular formula is C50H96O6. The highest BCUT2D eigenvalue weighted by Crippen LogP contribution is 2.17. The summed E-state index contributed by atoms with van der Waals surface area (Å²) in [6.07, 6.45) is 42.5. The van der Waals surface area contributed by atoms with Crippen LogP contribution >= 0.6 is 0 Å². The van der Waals surface area contributed by atoms with E-state index in [1.54, 1.807) is 0 Å². The minimum atomic E-state index is -0.762. The van der Waals surface area contributed by atoms with E-state index in [9.17, 15) is 14.4 Å². The Kier molecular flexibility index (Phi) is 41.8. The van der Waals surface area contributed by atoms with Gasteiger partial charge in [-0.05, 0) is 31.1 Å². The Labute approximate surface area is 348 Å². The second kappa shape index (κ2) is 43.0. The number of carbonyl (C=O) groups is 3. The van der Waals surface area contributed by atoms with Gasteiger partial charge in [0.2, 0.25) is 0 Å². The summed E-state index contributed by atoms with van der Waals surface area (Å²) in [7, 11) is 0. The van der Waals surface area contributed by atoms with Crippen molar-refractivity contribution in [2.45, 2.75) is 278 Å². The van der Waals surface area contributed by atoms with Crippen LogP contribution in [0.1, 0.15) is 272 Å². The summed E-state index contributed by atoms with van der Waals surface area (Å²) in [5, 5.41) is 0. The Hall–Kier alpha value is -1.59. The Bertz CT molecular complexity index is 856. The molecule has 6 nitrogen and oxygen atoms in total. The summed E-state index contributed by atoms with van der Waals surface area (Å²) in [6, 6.07) is 0. The molecule has 0 saturated heterocycles. The molecule has 0 spiro atoms. The van der Waals surface area contributed by atoms with Gasteiger partial charge < -0.3 is 14.2 Å². The maximum atomic E-state index is 12.8. The Morgan fingerprint density at radius 1 is 0.375 bits per heavy atom. The summed E-state index contributed by atoms with van der Waals surface area (Å²) in [6.45, 7) is 11.3. The summed E-state index contributed by atoms with van der Waals surface area (Å²) >= 11 is 0. The number of rotatable bonds is 44. The van der Waals surface area contributed by atoms with Gasteiger partial charge in [0.25, 0.3) is 0 Å². The Morgan fingerprint density at radius 3 is 1.02 bits per heavy atom. The minimum Gasteiger partial charge on any atom is -0.462 e. The normalized spacial score (nSPS) is 12.5. The van der Waals surface area contributed by atoms with E-state index >= 15 is 0 Å². The third-order valence-electron chi connectivity index (χ3n) is 11.6. The molecule has 0 heterocycles. The number of hydrogen-bond donors (Lipinski definition) is 0. The molecule has 332 valence electrons. The lowest BCUT2D eigenvalue weighted by Crippen LogP contribution is -2.30. The lowest BCUT2D eigenvalue weighted by atomic mass is 10.00. The SMILES string of the molecule is CCCCCCCCCCCCCCCCCCCCCC(=O)O[C@@H](COC(=O)CCCCCCCCC(C)C)COC(=O)CCCCCCCCC(C)CC. The molecule has 0 saturated carbocycles. The predicted molar refractivity (Wildman–Crippen MR) is 238 cm³/mol. The minimum absolute atomic E-state index is 0.0664. The molecule has 0 fully saturated rings. The lowest BCUT2D eigenvalue weighted by molar-refractivity contribution is -0.167. The van der Waals surface area contributed by atoms with E-state index in [2.05, 4.69) is 34.6 Å². The summed E-state index contributed by atoms with van der Waals surface area (Å²) in [5.74, 6) is 0.717. The van der Waals surface area contributed by atoms with Crippen LogP contribution in [0.15, 0.2) is 0 Å². The first kappa shape index (κ1) is 54.4. The highest BCUT2D eigenvalue weighted by Gasteiger charge is 2.19.